The van der Waals surface area contributed by atoms with Crippen molar-refractivity contribution in [3.63, 3.8) is 0 Å². The Kier molecular flexibility index (Phi) is 14.2. The zero-order valence-electron chi connectivity index (χ0n) is 17.1. The van der Waals surface area contributed by atoms with E-state index in [1.54, 1.807) is 0 Å². The molecule has 0 rings (SSSR count). The van der Waals surface area contributed by atoms with Gasteiger partial charge in [-0.2, -0.15) is 0 Å². The van der Waals surface area contributed by atoms with E-state index >= 15 is 0 Å². The summed E-state index contributed by atoms with van der Waals surface area (Å²) in [5, 5.41) is 8.61. The summed E-state index contributed by atoms with van der Waals surface area (Å²) in [4.78, 5) is 21.7. The fourth-order valence-electron chi connectivity index (χ4n) is 2.98. The van der Waals surface area contributed by atoms with Crippen LogP contribution in [0.5, 0.6) is 0 Å². The van der Waals surface area contributed by atoms with Crippen LogP contribution in [0.4, 0.5) is 0 Å². The lowest BCUT2D eigenvalue weighted by molar-refractivity contribution is -0.147. The lowest BCUT2D eigenvalue weighted by Crippen LogP contribution is -2.32. The van der Waals surface area contributed by atoms with Crippen molar-refractivity contribution in [1.82, 2.24) is 4.31 Å². The van der Waals surface area contributed by atoms with Crippen molar-refractivity contribution in [1.29, 1.82) is 0 Å². The number of esters is 1. The molecule has 1 unspecified atom stereocenters. The third kappa shape index (κ3) is 15.6. The van der Waals surface area contributed by atoms with Gasteiger partial charge in [0.2, 0.25) is 10.0 Å². The number of carbonyl (C=O) groups excluding carboxylic acids is 1. The van der Waals surface area contributed by atoms with Gasteiger partial charge in [0.25, 0.3) is 0 Å². The van der Waals surface area contributed by atoms with Gasteiger partial charge in [0.15, 0.2) is 0 Å². The van der Waals surface area contributed by atoms with Crippen molar-refractivity contribution in [2.24, 2.45) is 0 Å². The number of ether oxygens (including phenoxy) is 1. The maximum Gasteiger partial charge on any atom is 0.303 e. The van der Waals surface area contributed by atoms with E-state index in [2.05, 4.69) is 6.92 Å². The Labute approximate surface area is 164 Å². The fourth-order valence-corrected chi connectivity index (χ4v) is 3.90. The highest BCUT2D eigenvalue weighted by molar-refractivity contribution is 7.88. The molecule has 7 nitrogen and oxygen atoms in total. The lowest BCUT2D eigenvalue weighted by atomic mass is 10.1. The molecule has 0 spiro atoms. The number of aliphatic carboxylic acids is 1. The monoisotopic (exact) mass is 407 g/mol. The lowest BCUT2D eigenvalue weighted by Gasteiger charge is -2.22. The molecular formula is C19H37NO6S. The minimum absolute atomic E-state index is 0.147. The van der Waals surface area contributed by atoms with Crippen LogP contribution in [-0.4, -0.2) is 55.2 Å². The molecule has 0 radical (unpaired) electrons. The van der Waals surface area contributed by atoms with E-state index in [-0.39, 0.29) is 18.5 Å². The van der Waals surface area contributed by atoms with E-state index in [4.69, 9.17) is 9.84 Å². The quantitative estimate of drug-likeness (QED) is 0.292. The van der Waals surface area contributed by atoms with E-state index < -0.39 is 16.0 Å². The molecule has 0 fully saturated rings. The van der Waals surface area contributed by atoms with Gasteiger partial charge in [-0.3, -0.25) is 9.59 Å². The summed E-state index contributed by atoms with van der Waals surface area (Å²) >= 11 is 0. The zero-order valence-corrected chi connectivity index (χ0v) is 17.9. The molecule has 0 aliphatic heterocycles. The fraction of sp³-hybridized carbons (Fsp3) is 0.895. The number of nitrogens with zero attached hydrogens (tertiary/aromatic N) is 1. The van der Waals surface area contributed by atoms with Gasteiger partial charge in [-0.25, -0.2) is 12.7 Å². The number of unbranched alkanes of at least 4 members (excludes halogenated alkanes) is 5. The predicted octanol–water partition coefficient (Wildman–Crippen LogP) is 3.58. The summed E-state index contributed by atoms with van der Waals surface area (Å²) in [6.07, 6.45) is 9.48. The average molecular weight is 408 g/mol. The van der Waals surface area contributed by atoms with Crippen LogP contribution in [0.25, 0.3) is 0 Å². The normalized spacial score (nSPS) is 12.9. The standard InChI is InChI=1S/C19H37NO6S/c1-4-5-8-12-18(26-17(2)21)13-11-16-20(27(3,24)25)15-10-7-6-9-14-19(22)23/h18H,4-16H2,1-3H3,(H,22,23). The smallest absolute Gasteiger partial charge is 0.303 e. The van der Waals surface area contributed by atoms with Crippen LogP contribution in [0.3, 0.4) is 0 Å². The Morgan fingerprint density at radius 1 is 0.963 bits per heavy atom. The van der Waals surface area contributed by atoms with Gasteiger partial charge >= 0.3 is 11.9 Å². The minimum Gasteiger partial charge on any atom is -0.481 e. The molecule has 0 amide bonds. The predicted molar refractivity (Wildman–Crippen MR) is 106 cm³/mol. The molecule has 0 aliphatic rings. The molecule has 0 bridgehead atoms. The molecule has 0 aromatic rings. The summed E-state index contributed by atoms with van der Waals surface area (Å²) in [5.41, 5.74) is 0. The summed E-state index contributed by atoms with van der Waals surface area (Å²) < 4.78 is 30.8. The number of hydrogen-bond donors (Lipinski definition) is 1. The van der Waals surface area contributed by atoms with Gasteiger partial charge < -0.3 is 9.84 Å². The molecule has 0 saturated carbocycles. The molecule has 1 N–H and O–H groups in total. The highest BCUT2D eigenvalue weighted by Gasteiger charge is 2.18. The van der Waals surface area contributed by atoms with Crippen LogP contribution in [0.1, 0.15) is 84.5 Å². The number of carboxylic acid groups (broad SMARTS) is 1. The van der Waals surface area contributed by atoms with Gasteiger partial charge in [-0.15, -0.1) is 0 Å². The molecule has 0 aromatic carbocycles. The first kappa shape index (κ1) is 25.9. The van der Waals surface area contributed by atoms with Crippen molar-refractivity contribution < 1.29 is 27.9 Å². The SMILES string of the molecule is CCCCCC(CCCN(CCCCCCC(=O)O)S(C)(=O)=O)OC(C)=O. The summed E-state index contributed by atoms with van der Waals surface area (Å²) in [6, 6.07) is 0. The second-order valence-electron chi connectivity index (χ2n) is 7.09. The molecule has 0 aliphatic carbocycles. The summed E-state index contributed by atoms with van der Waals surface area (Å²) in [6.45, 7) is 4.38. The van der Waals surface area contributed by atoms with E-state index in [1.165, 1.54) is 17.5 Å². The van der Waals surface area contributed by atoms with Crippen LogP contribution in [-0.2, 0) is 24.3 Å². The van der Waals surface area contributed by atoms with E-state index in [0.29, 0.717) is 32.4 Å². The van der Waals surface area contributed by atoms with Crippen LogP contribution >= 0.6 is 0 Å². The average Bonchev–Trinajstić information content (AvgIpc) is 2.54. The third-order valence-corrected chi connectivity index (χ3v) is 5.72. The van der Waals surface area contributed by atoms with Crippen LogP contribution < -0.4 is 0 Å². The number of sulfonamides is 1. The number of carboxylic acids is 1. The van der Waals surface area contributed by atoms with Crippen molar-refractivity contribution in [3.8, 4) is 0 Å². The van der Waals surface area contributed by atoms with Crippen molar-refractivity contribution in [3.05, 3.63) is 0 Å². The highest BCUT2D eigenvalue weighted by atomic mass is 32.2. The second kappa shape index (κ2) is 14.9. The van der Waals surface area contributed by atoms with Crippen molar-refractivity contribution in [2.75, 3.05) is 19.3 Å². The molecular weight excluding hydrogens is 370 g/mol. The summed E-state index contributed by atoms with van der Waals surface area (Å²) in [5.74, 6) is -1.09. The molecule has 1 atom stereocenters. The topological polar surface area (TPSA) is 101 Å². The van der Waals surface area contributed by atoms with E-state index in [9.17, 15) is 18.0 Å². The molecule has 160 valence electrons. The minimum atomic E-state index is -3.28. The number of carbonyl (C=O) groups is 2. The highest BCUT2D eigenvalue weighted by Crippen LogP contribution is 2.14. The first-order chi connectivity index (χ1) is 12.7. The van der Waals surface area contributed by atoms with E-state index in [1.807, 2.05) is 0 Å². The Hall–Kier alpha value is -1.15. The molecule has 0 aromatic heterocycles. The van der Waals surface area contributed by atoms with Gasteiger partial charge in [0.05, 0.1) is 6.26 Å². The number of rotatable bonds is 17. The first-order valence-electron chi connectivity index (χ1n) is 10.0. The second-order valence-corrected chi connectivity index (χ2v) is 9.07. The third-order valence-electron chi connectivity index (χ3n) is 4.41. The van der Waals surface area contributed by atoms with Gasteiger partial charge in [-0.05, 0) is 38.5 Å². The van der Waals surface area contributed by atoms with Crippen LogP contribution in [0.2, 0.25) is 0 Å². The van der Waals surface area contributed by atoms with Gasteiger partial charge in [0.1, 0.15) is 6.10 Å². The first-order valence-corrected chi connectivity index (χ1v) is 11.9. The summed E-state index contributed by atoms with van der Waals surface area (Å²) in [7, 11) is -3.28. The molecule has 0 saturated heterocycles. The van der Waals surface area contributed by atoms with E-state index in [0.717, 1.165) is 44.9 Å². The molecule has 0 heterocycles. The number of hydrogen-bond acceptors (Lipinski definition) is 5. The zero-order chi connectivity index (χ0) is 20.7. The maximum atomic E-state index is 12.0. The van der Waals surface area contributed by atoms with Crippen molar-refractivity contribution in [2.45, 2.75) is 90.6 Å². The van der Waals surface area contributed by atoms with Gasteiger partial charge in [-0.1, -0.05) is 32.6 Å². The van der Waals surface area contributed by atoms with Crippen LogP contribution in [0, 0.1) is 0 Å². The molecule has 8 heteroatoms. The van der Waals surface area contributed by atoms with Gasteiger partial charge in [0, 0.05) is 26.4 Å². The largest absolute Gasteiger partial charge is 0.481 e. The van der Waals surface area contributed by atoms with Crippen LogP contribution in [0.15, 0.2) is 0 Å². The maximum absolute atomic E-state index is 12.0. The molecule has 27 heavy (non-hydrogen) atoms. The Bertz CT molecular complexity index is 520. The van der Waals surface area contributed by atoms with Crippen molar-refractivity contribution >= 4 is 22.0 Å². The Morgan fingerprint density at radius 3 is 2.11 bits per heavy atom. The Morgan fingerprint density at radius 2 is 1.56 bits per heavy atom. The Balaban J connectivity index is 4.30.